The summed E-state index contributed by atoms with van der Waals surface area (Å²) in [6, 6.07) is 0. The monoisotopic (exact) mass is 514 g/mol. The molecule has 0 unspecified atom stereocenters. The molecule has 3 aliphatic heterocycles. The molecule has 3 aliphatic rings. The fourth-order valence-corrected chi connectivity index (χ4v) is 5.30. The molecule has 206 valence electrons. The number of aliphatic hydroxyl groups is 1. The minimum atomic E-state index is -0.630. The van der Waals surface area contributed by atoms with Crippen molar-refractivity contribution in [2.45, 2.75) is 108 Å². The molecule has 3 heterocycles. The van der Waals surface area contributed by atoms with Gasteiger partial charge in [-0.05, 0) is 57.8 Å². The summed E-state index contributed by atoms with van der Waals surface area (Å²) in [7, 11) is 1.62. The van der Waals surface area contributed by atoms with Crippen LogP contribution in [0.5, 0.6) is 0 Å². The molecule has 2 bridgehead atoms. The molecule has 1 N–H and O–H groups in total. The van der Waals surface area contributed by atoms with Crippen molar-refractivity contribution in [1.29, 1.82) is 0 Å². The maximum Gasteiger partial charge on any atom is 0.306 e. The van der Waals surface area contributed by atoms with E-state index in [2.05, 4.69) is 38.7 Å². The molecule has 0 aromatic rings. The van der Waals surface area contributed by atoms with E-state index in [0.717, 1.165) is 37.7 Å². The molecule has 0 radical (unpaired) electrons. The van der Waals surface area contributed by atoms with Gasteiger partial charge in [0.2, 0.25) is 0 Å². The van der Waals surface area contributed by atoms with E-state index in [1.165, 1.54) is 5.57 Å². The molecule has 6 nitrogen and oxygen atoms in total. The van der Waals surface area contributed by atoms with Crippen LogP contribution in [0.2, 0.25) is 0 Å². The number of hydrogen-bond donors (Lipinski definition) is 1. The zero-order valence-corrected chi connectivity index (χ0v) is 22.8. The third-order valence-corrected chi connectivity index (χ3v) is 7.22. The van der Waals surface area contributed by atoms with E-state index >= 15 is 0 Å². The van der Waals surface area contributed by atoms with Crippen LogP contribution < -0.4 is 0 Å². The molecule has 0 aromatic heterocycles. The zero-order valence-electron chi connectivity index (χ0n) is 22.8. The Labute approximate surface area is 223 Å². The van der Waals surface area contributed by atoms with Crippen LogP contribution in [0.1, 0.15) is 71.6 Å². The highest BCUT2D eigenvalue weighted by Crippen LogP contribution is 2.26. The number of methoxy groups -OCH3 is 1. The standard InChI is InChI=1S/C31H46O6/c1-22-16-17-35-27(20-22)14-15-29(34-4)30-12-5-8-25(32)19-23(2)18-24(3)21-28-11-6-9-26(36-28)10-7-13-31(33)37-30/h5-6,8-9,14-16,24-30,32H,2,7,10-13,17-21H2,1,3-4H3/t24-,25+,26-,27+,28-,29-,30-/m0/s1. The van der Waals surface area contributed by atoms with Gasteiger partial charge in [-0.3, -0.25) is 4.79 Å². The summed E-state index contributed by atoms with van der Waals surface area (Å²) in [6.45, 7) is 9.12. The van der Waals surface area contributed by atoms with E-state index < -0.39 is 18.3 Å². The number of cyclic esters (lactones) is 1. The van der Waals surface area contributed by atoms with Gasteiger partial charge < -0.3 is 24.1 Å². The van der Waals surface area contributed by atoms with Crippen molar-refractivity contribution in [3.05, 3.63) is 60.3 Å². The first kappa shape index (κ1) is 29.6. The van der Waals surface area contributed by atoms with E-state index in [1.807, 2.05) is 18.2 Å². The number of hydrogen-bond acceptors (Lipinski definition) is 6. The van der Waals surface area contributed by atoms with Crippen molar-refractivity contribution in [1.82, 2.24) is 0 Å². The molecule has 37 heavy (non-hydrogen) atoms. The number of carbonyl (C=O) groups is 1. The molecule has 0 spiro atoms. The molecule has 0 aliphatic carbocycles. The molecule has 0 saturated heterocycles. The molecular weight excluding hydrogens is 468 g/mol. The maximum atomic E-state index is 12.8. The van der Waals surface area contributed by atoms with Crippen molar-refractivity contribution >= 4 is 5.97 Å². The Morgan fingerprint density at radius 3 is 2.78 bits per heavy atom. The Morgan fingerprint density at radius 2 is 2.00 bits per heavy atom. The smallest absolute Gasteiger partial charge is 0.306 e. The molecule has 0 amide bonds. The van der Waals surface area contributed by atoms with Crippen LogP contribution in [-0.4, -0.2) is 61.4 Å². The molecule has 6 heteroatoms. The Kier molecular flexibility index (Phi) is 12.3. The second kappa shape index (κ2) is 15.4. The van der Waals surface area contributed by atoms with Gasteiger partial charge in [-0.15, -0.1) is 0 Å². The van der Waals surface area contributed by atoms with E-state index in [9.17, 15) is 9.90 Å². The lowest BCUT2D eigenvalue weighted by Gasteiger charge is -2.28. The Bertz CT molecular complexity index is 856. The lowest BCUT2D eigenvalue weighted by molar-refractivity contribution is -0.154. The van der Waals surface area contributed by atoms with Crippen LogP contribution in [0.3, 0.4) is 0 Å². The average molecular weight is 515 g/mol. The number of esters is 1. The van der Waals surface area contributed by atoms with E-state index in [1.54, 1.807) is 13.2 Å². The molecule has 7 atom stereocenters. The third-order valence-electron chi connectivity index (χ3n) is 7.22. The van der Waals surface area contributed by atoms with E-state index in [-0.39, 0.29) is 24.3 Å². The molecule has 0 aromatic carbocycles. The van der Waals surface area contributed by atoms with E-state index in [0.29, 0.717) is 38.2 Å². The quantitative estimate of drug-likeness (QED) is 0.379. The second-order valence-corrected chi connectivity index (χ2v) is 10.8. The second-order valence-electron chi connectivity index (χ2n) is 10.8. The van der Waals surface area contributed by atoms with Gasteiger partial charge in [0.1, 0.15) is 12.2 Å². The van der Waals surface area contributed by atoms with Crippen LogP contribution in [0.15, 0.2) is 60.3 Å². The topological polar surface area (TPSA) is 74.2 Å². The molecular formula is C31H46O6. The lowest BCUT2D eigenvalue weighted by atomic mass is 9.91. The van der Waals surface area contributed by atoms with Crippen LogP contribution in [-0.2, 0) is 23.7 Å². The highest BCUT2D eigenvalue weighted by atomic mass is 16.6. The summed E-state index contributed by atoms with van der Waals surface area (Å²) >= 11 is 0. The summed E-state index contributed by atoms with van der Waals surface area (Å²) in [6.07, 6.45) is 19.0. The highest BCUT2D eigenvalue weighted by Gasteiger charge is 2.25. The summed E-state index contributed by atoms with van der Waals surface area (Å²) in [5.74, 6) is 0.183. The van der Waals surface area contributed by atoms with Crippen molar-refractivity contribution in [3.63, 3.8) is 0 Å². The average Bonchev–Trinajstić information content (AvgIpc) is 2.83. The minimum Gasteiger partial charge on any atom is -0.459 e. The summed E-state index contributed by atoms with van der Waals surface area (Å²) < 4.78 is 23.7. The van der Waals surface area contributed by atoms with Gasteiger partial charge >= 0.3 is 5.97 Å². The molecule has 0 fully saturated rings. The van der Waals surface area contributed by atoms with Crippen LogP contribution in [0, 0.1) is 5.92 Å². The van der Waals surface area contributed by atoms with Crippen LogP contribution in [0.25, 0.3) is 0 Å². The van der Waals surface area contributed by atoms with Gasteiger partial charge in [-0.25, -0.2) is 0 Å². The van der Waals surface area contributed by atoms with Gasteiger partial charge in [0, 0.05) is 20.0 Å². The van der Waals surface area contributed by atoms with Gasteiger partial charge in [0.05, 0.1) is 31.0 Å². The summed E-state index contributed by atoms with van der Waals surface area (Å²) in [5, 5.41) is 10.6. The van der Waals surface area contributed by atoms with E-state index in [4.69, 9.17) is 18.9 Å². The SMILES string of the molecule is C=C1C[C@H](C)C[C@@H]2CC=C[C@@H](CCCC(=O)O[C@H]([C@H](C=C[C@@H]3CC(C)=CCO3)OC)CC=C[C@@H](O)C1)O2. The largest absolute Gasteiger partial charge is 0.459 e. The van der Waals surface area contributed by atoms with Gasteiger partial charge in [-0.1, -0.05) is 67.2 Å². The summed E-state index contributed by atoms with van der Waals surface area (Å²) in [5.41, 5.74) is 2.33. The van der Waals surface area contributed by atoms with Crippen LogP contribution in [0.4, 0.5) is 0 Å². The summed E-state index contributed by atoms with van der Waals surface area (Å²) in [4.78, 5) is 12.8. The zero-order chi connectivity index (χ0) is 26.6. The Hall–Kier alpha value is -1.99. The molecule has 0 saturated carbocycles. The first-order valence-corrected chi connectivity index (χ1v) is 13.8. The van der Waals surface area contributed by atoms with Crippen molar-refractivity contribution in [3.8, 4) is 0 Å². The number of aliphatic hydroxyl groups excluding tert-OH is 1. The fourth-order valence-electron chi connectivity index (χ4n) is 5.30. The van der Waals surface area contributed by atoms with Crippen LogP contribution >= 0.6 is 0 Å². The first-order chi connectivity index (χ1) is 17.8. The van der Waals surface area contributed by atoms with Gasteiger partial charge in [-0.2, -0.15) is 0 Å². The highest BCUT2D eigenvalue weighted by molar-refractivity contribution is 5.69. The predicted molar refractivity (Wildman–Crippen MR) is 146 cm³/mol. The van der Waals surface area contributed by atoms with Gasteiger partial charge in [0.15, 0.2) is 0 Å². The number of fused-ring (bicyclic) bond motifs is 2. The Balaban J connectivity index is 1.70. The molecule has 3 rings (SSSR count). The first-order valence-electron chi connectivity index (χ1n) is 13.8. The van der Waals surface area contributed by atoms with Crippen molar-refractivity contribution in [2.75, 3.05) is 13.7 Å². The fraction of sp³-hybridized carbons (Fsp3) is 0.645. The predicted octanol–water partition coefficient (Wildman–Crippen LogP) is 5.77. The maximum absolute atomic E-state index is 12.8. The normalized spacial score (nSPS) is 33.9. The third kappa shape index (κ3) is 10.7. The van der Waals surface area contributed by atoms with Crippen molar-refractivity contribution < 1.29 is 28.8 Å². The number of rotatable bonds is 4. The number of ether oxygens (including phenoxy) is 4. The lowest BCUT2D eigenvalue weighted by Crippen LogP contribution is -2.32. The number of carbonyl (C=O) groups excluding carboxylic acids is 1. The van der Waals surface area contributed by atoms with Gasteiger partial charge in [0.25, 0.3) is 0 Å². The minimum absolute atomic E-state index is 0.0179. The Morgan fingerprint density at radius 1 is 1.19 bits per heavy atom. The van der Waals surface area contributed by atoms with Crippen molar-refractivity contribution in [2.24, 2.45) is 5.92 Å².